The molecule has 2 aromatic carbocycles. The number of anilines is 1. The van der Waals surface area contributed by atoms with Crippen LogP contribution in [0.5, 0.6) is 0 Å². The second-order valence-corrected chi connectivity index (χ2v) is 7.45. The molecule has 1 amide bonds. The Bertz CT molecular complexity index is 1040. The van der Waals surface area contributed by atoms with E-state index >= 15 is 0 Å². The normalized spacial score (nSPS) is 10.7. The van der Waals surface area contributed by atoms with Crippen LogP contribution in [0.3, 0.4) is 0 Å². The molecule has 0 aliphatic rings. The second kappa shape index (κ2) is 7.46. The van der Waals surface area contributed by atoms with Gasteiger partial charge in [-0.2, -0.15) is 0 Å². The Kier molecular flexibility index (Phi) is 5.25. The molecule has 1 aromatic heterocycles. The summed E-state index contributed by atoms with van der Waals surface area (Å²) in [4.78, 5) is 27.3. The van der Waals surface area contributed by atoms with E-state index in [0.29, 0.717) is 5.13 Å². The number of carbonyl (C=O) groups is 1. The summed E-state index contributed by atoms with van der Waals surface area (Å²) < 4.78 is 0. The molecular weight excluding hydrogens is 386 g/mol. The fourth-order valence-corrected chi connectivity index (χ4v) is 3.90. The summed E-state index contributed by atoms with van der Waals surface area (Å²) in [5, 5.41) is 16.0. The molecule has 0 spiro atoms. The zero-order valence-corrected chi connectivity index (χ0v) is 16.4. The molecular formula is C19H16ClN3O3S. The summed E-state index contributed by atoms with van der Waals surface area (Å²) in [5.41, 5.74) is 5.04. The molecule has 8 heteroatoms. The van der Waals surface area contributed by atoms with E-state index in [-0.39, 0.29) is 16.3 Å². The zero-order chi connectivity index (χ0) is 19.7. The molecule has 138 valence electrons. The average molecular weight is 402 g/mol. The third-order valence-electron chi connectivity index (χ3n) is 4.06. The lowest BCUT2D eigenvalue weighted by atomic mass is 9.98. The van der Waals surface area contributed by atoms with E-state index in [9.17, 15) is 14.9 Å². The number of aryl methyl sites for hydroxylation is 3. The monoisotopic (exact) mass is 401 g/mol. The molecule has 0 saturated carbocycles. The van der Waals surface area contributed by atoms with Gasteiger partial charge in [-0.3, -0.25) is 20.2 Å². The van der Waals surface area contributed by atoms with Gasteiger partial charge in [0.1, 0.15) is 0 Å². The van der Waals surface area contributed by atoms with Gasteiger partial charge in [-0.25, -0.2) is 4.98 Å². The van der Waals surface area contributed by atoms with Crippen LogP contribution in [0.4, 0.5) is 10.8 Å². The van der Waals surface area contributed by atoms with Crippen LogP contribution < -0.4 is 5.32 Å². The zero-order valence-electron chi connectivity index (χ0n) is 14.9. The van der Waals surface area contributed by atoms with Crippen LogP contribution in [0.2, 0.25) is 5.02 Å². The molecule has 1 N–H and O–H groups in total. The number of hydrogen-bond acceptors (Lipinski definition) is 5. The van der Waals surface area contributed by atoms with Gasteiger partial charge in [-0.05, 0) is 38.0 Å². The number of aromatic nitrogens is 1. The third kappa shape index (κ3) is 3.99. The number of hydrogen-bond donors (Lipinski definition) is 1. The number of nitrogens with zero attached hydrogens (tertiary/aromatic N) is 2. The molecule has 0 aliphatic heterocycles. The van der Waals surface area contributed by atoms with Crippen LogP contribution in [0.1, 0.15) is 27.0 Å². The standard InChI is InChI=1S/C19H16ClN3O3S/c1-10-6-11(2)17(12(3)7-10)16-9-27-19(21-16)22-18(24)14-8-13(23(25)26)4-5-15(14)20/h4-9H,1-3H3,(H,21,22,24). The van der Waals surface area contributed by atoms with E-state index in [1.807, 2.05) is 26.2 Å². The van der Waals surface area contributed by atoms with E-state index < -0.39 is 10.8 Å². The first-order valence-electron chi connectivity index (χ1n) is 8.05. The smallest absolute Gasteiger partial charge is 0.270 e. The minimum absolute atomic E-state index is 0.0327. The Hall–Kier alpha value is -2.77. The Morgan fingerprint density at radius 2 is 1.85 bits per heavy atom. The number of nitrogens with one attached hydrogen (secondary N) is 1. The maximum absolute atomic E-state index is 12.5. The molecule has 3 rings (SSSR count). The first-order chi connectivity index (χ1) is 12.8. The van der Waals surface area contributed by atoms with Crippen LogP contribution in [0, 0.1) is 30.9 Å². The van der Waals surface area contributed by atoms with Gasteiger partial charge >= 0.3 is 0 Å². The van der Waals surface area contributed by atoms with Gasteiger partial charge in [0.15, 0.2) is 5.13 Å². The molecule has 0 bridgehead atoms. The maximum atomic E-state index is 12.5. The average Bonchev–Trinajstić information content (AvgIpc) is 3.01. The molecule has 0 saturated heterocycles. The lowest BCUT2D eigenvalue weighted by Gasteiger charge is -2.09. The maximum Gasteiger partial charge on any atom is 0.270 e. The molecule has 0 radical (unpaired) electrons. The number of benzene rings is 2. The van der Waals surface area contributed by atoms with E-state index in [0.717, 1.165) is 28.5 Å². The van der Waals surface area contributed by atoms with Gasteiger partial charge in [0.2, 0.25) is 0 Å². The second-order valence-electron chi connectivity index (χ2n) is 6.19. The summed E-state index contributed by atoms with van der Waals surface area (Å²) in [6.45, 7) is 6.09. The van der Waals surface area contributed by atoms with Crippen LogP contribution in [0.25, 0.3) is 11.3 Å². The highest BCUT2D eigenvalue weighted by Gasteiger charge is 2.18. The van der Waals surface area contributed by atoms with Crippen molar-refractivity contribution in [3.63, 3.8) is 0 Å². The fraction of sp³-hybridized carbons (Fsp3) is 0.158. The van der Waals surface area contributed by atoms with Crippen LogP contribution in [0.15, 0.2) is 35.7 Å². The van der Waals surface area contributed by atoms with Gasteiger partial charge in [0.05, 0.1) is 21.2 Å². The summed E-state index contributed by atoms with van der Waals surface area (Å²) >= 11 is 7.30. The van der Waals surface area contributed by atoms with Crippen molar-refractivity contribution in [1.29, 1.82) is 0 Å². The van der Waals surface area contributed by atoms with Crippen molar-refractivity contribution in [2.24, 2.45) is 0 Å². The molecule has 0 fully saturated rings. The van der Waals surface area contributed by atoms with Crippen molar-refractivity contribution in [2.45, 2.75) is 20.8 Å². The number of non-ortho nitro benzene ring substituents is 1. The van der Waals surface area contributed by atoms with E-state index in [2.05, 4.69) is 22.4 Å². The first kappa shape index (κ1) is 19.0. The van der Waals surface area contributed by atoms with Crippen molar-refractivity contribution < 1.29 is 9.72 Å². The van der Waals surface area contributed by atoms with Crippen molar-refractivity contribution in [2.75, 3.05) is 5.32 Å². The Balaban J connectivity index is 1.88. The number of thiazole rings is 1. The van der Waals surface area contributed by atoms with Crippen molar-refractivity contribution >= 4 is 39.7 Å². The predicted octanol–water partition coefficient (Wildman–Crippen LogP) is 5.55. The van der Waals surface area contributed by atoms with Crippen LogP contribution in [-0.2, 0) is 0 Å². The molecule has 0 unspecified atom stereocenters. The van der Waals surface area contributed by atoms with Crippen molar-refractivity contribution in [3.8, 4) is 11.3 Å². The number of carbonyl (C=O) groups excluding carboxylic acids is 1. The van der Waals surface area contributed by atoms with Gasteiger partial charge < -0.3 is 0 Å². The number of nitro benzene ring substituents is 1. The molecule has 3 aromatic rings. The molecule has 27 heavy (non-hydrogen) atoms. The van der Waals surface area contributed by atoms with Crippen molar-refractivity contribution in [3.05, 3.63) is 73.1 Å². The predicted molar refractivity (Wildman–Crippen MR) is 108 cm³/mol. The lowest BCUT2D eigenvalue weighted by molar-refractivity contribution is -0.384. The summed E-state index contributed by atoms with van der Waals surface area (Å²) in [6.07, 6.45) is 0. The Labute approximate surface area is 165 Å². The summed E-state index contributed by atoms with van der Waals surface area (Å²) in [6, 6.07) is 7.91. The number of nitro groups is 1. The van der Waals surface area contributed by atoms with Gasteiger partial charge in [0.25, 0.3) is 11.6 Å². The topological polar surface area (TPSA) is 85.1 Å². The first-order valence-corrected chi connectivity index (χ1v) is 9.31. The van der Waals surface area contributed by atoms with E-state index in [1.54, 1.807) is 0 Å². The highest BCUT2D eigenvalue weighted by molar-refractivity contribution is 7.14. The quantitative estimate of drug-likeness (QED) is 0.458. The Morgan fingerprint density at radius 1 is 1.19 bits per heavy atom. The number of amides is 1. The molecule has 1 heterocycles. The van der Waals surface area contributed by atoms with Gasteiger partial charge in [0, 0.05) is 23.1 Å². The summed E-state index contributed by atoms with van der Waals surface area (Å²) in [5.74, 6) is -0.540. The van der Waals surface area contributed by atoms with Gasteiger partial charge in [-0.15, -0.1) is 11.3 Å². The highest BCUT2D eigenvalue weighted by atomic mass is 35.5. The minimum Gasteiger partial charge on any atom is -0.298 e. The highest BCUT2D eigenvalue weighted by Crippen LogP contribution is 2.31. The van der Waals surface area contributed by atoms with E-state index in [1.165, 1.54) is 29.0 Å². The molecule has 6 nitrogen and oxygen atoms in total. The molecule has 0 atom stereocenters. The van der Waals surface area contributed by atoms with Gasteiger partial charge in [-0.1, -0.05) is 29.3 Å². The third-order valence-corrected chi connectivity index (χ3v) is 5.15. The Morgan fingerprint density at radius 3 is 2.48 bits per heavy atom. The fourth-order valence-electron chi connectivity index (χ4n) is 3.00. The SMILES string of the molecule is Cc1cc(C)c(-c2csc(NC(=O)c3cc([N+](=O)[O-])ccc3Cl)n2)c(C)c1. The van der Waals surface area contributed by atoms with Crippen LogP contribution in [-0.4, -0.2) is 15.8 Å². The lowest BCUT2D eigenvalue weighted by Crippen LogP contribution is -2.12. The van der Waals surface area contributed by atoms with Crippen molar-refractivity contribution in [1.82, 2.24) is 4.98 Å². The summed E-state index contributed by atoms with van der Waals surface area (Å²) in [7, 11) is 0. The largest absolute Gasteiger partial charge is 0.298 e. The molecule has 0 aliphatic carbocycles. The number of rotatable bonds is 4. The number of halogens is 1. The minimum atomic E-state index is -0.572. The van der Waals surface area contributed by atoms with Crippen LogP contribution >= 0.6 is 22.9 Å². The van der Waals surface area contributed by atoms with E-state index in [4.69, 9.17) is 11.6 Å².